The van der Waals surface area contributed by atoms with Crippen LogP contribution in [0.15, 0.2) is 42.5 Å². The van der Waals surface area contributed by atoms with Crippen molar-refractivity contribution in [1.82, 2.24) is 0 Å². The molecule has 0 aliphatic carbocycles. The number of alkyl halides is 3. The summed E-state index contributed by atoms with van der Waals surface area (Å²) in [6.07, 6.45) is -4.52. The molecule has 6 heteroatoms. The Morgan fingerprint density at radius 1 is 1.10 bits per heavy atom. The van der Waals surface area contributed by atoms with E-state index >= 15 is 0 Å². The molecule has 0 bridgehead atoms. The van der Waals surface area contributed by atoms with Crippen LogP contribution < -0.4 is 0 Å². The van der Waals surface area contributed by atoms with Crippen molar-refractivity contribution in [3.8, 4) is 17.2 Å². The van der Waals surface area contributed by atoms with E-state index in [4.69, 9.17) is 10.4 Å². The van der Waals surface area contributed by atoms with E-state index in [0.29, 0.717) is 11.1 Å². The molecule has 2 aromatic rings. The van der Waals surface area contributed by atoms with Crippen molar-refractivity contribution in [3.05, 3.63) is 59.2 Å². The predicted octanol–water partition coefficient (Wildman–Crippen LogP) is 3.94. The molecule has 0 heterocycles. The predicted molar refractivity (Wildman–Crippen MR) is 68.6 cm³/mol. The molecule has 0 unspecified atom stereocenters. The number of aromatic carboxylic acids is 1. The van der Waals surface area contributed by atoms with Crippen molar-refractivity contribution in [1.29, 1.82) is 5.26 Å². The fourth-order valence-corrected chi connectivity index (χ4v) is 1.86. The zero-order valence-electron chi connectivity index (χ0n) is 10.5. The summed E-state index contributed by atoms with van der Waals surface area (Å²) in [4.78, 5) is 10.7. The number of benzene rings is 2. The molecule has 0 saturated carbocycles. The number of hydrogen-bond donors (Lipinski definition) is 1. The zero-order chi connectivity index (χ0) is 15.6. The Kier molecular flexibility index (Phi) is 3.68. The molecule has 0 radical (unpaired) electrons. The minimum atomic E-state index is -4.52. The van der Waals surface area contributed by atoms with Crippen molar-refractivity contribution in [3.63, 3.8) is 0 Å². The quantitative estimate of drug-likeness (QED) is 0.911. The number of carbonyl (C=O) groups is 1. The minimum Gasteiger partial charge on any atom is -0.478 e. The third-order valence-corrected chi connectivity index (χ3v) is 2.91. The second kappa shape index (κ2) is 5.29. The first-order valence-corrected chi connectivity index (χ1v) is 5.78. The van der Waals surface area contributed by atoms with Gasteiger partial charge in [0.05, 0.1) is 22.8 Å². The van der Waals surface area contributed by atoms with Gasteiger partial charge in [-0.05, 0) is 35.4 Å². The summed E-state index contributed by atoms with van der Waals surface area (Å²) in [7, 11) is 0. The van der Waals surface area contributed by atoms with Crippen LogP contribution in [0.2, 0.25) is 0 Å². The van der Waals surface area contributed by atoms with Gasteiger partial charge in [0.15, 0.2) is 0 Å². The van der Waals surface area contributed by atoms with Gasteiger partial charge < -0.3 is 5.11 Å². The number of halogens is 3. The van der Waals surface area contributed by atoms with Crippen molar-refractivity contribution >= 4 is 5.97 Å². The molecule has 2 aromatic carbocycles. The van der Waals surface area contributed by atoms with Crippen molar-refractivity contribution in [2.24, 2.45) is 0 Å². The molecule has 2 rings (SSSR count). The van der Waals surface area contributed by atoms with E-state index in [2.05, 4.69) is 0 Å². The molecule has 106 valence electrons. The van der Waals surface area contributed by atoms with E-state index in [9.17, 15) is 18.0 Å². The molecule has 0 amide bonds. The highest BCUT2D eigenvalue weighted by Gasteiger charge is 2.31. The molecule has 0 fully saturated rings. The van der Waals surface area contributed by atoms with Crippen molar-refractivity contribution in [2.45, 2.75) is 6.18 Å². The van der Waals surface area contributed by atoms with Crippen LogP contribution in [0.5, 0.6) is 0 Å². The highest BCUT2D eigenvalue weighted by Crippen LogP contribution is 2.33. The van der Waals surface area contributed by atoms with E-state index in [1.807, 2.05) is 0 Å². The van der Waals surface area contributed by atoms with Crippen LogP contribution in [-0.4, -0.2) is 11.1 Å². The van der Waals surface area contributed by atoms with Gasteiger partial charge in [-0.25, -0.2) is 4.79 Å². The lowest BCUT2D eigenvalue weighted by molar-refractivity contribution is -0.137. The number of nitriles is 1. The SMILES string of the molecule is N#Cc1cc(C(F)(F)F)ccc1-c1ccc(C(=O)O)cc1. The summed E-state index contributed by atoms with van der Waals surface area (Å²) in [6, 6.07) is 10.2. The van der Waals surface area contributed by atoms with Crippen molar-refractivity contribution < 1.29 is 23.1 Å². The lowest BCUT2D eigenvalue weighted by atomic mass is 9.97. The Hall–Kier alpha value is -2.81. The van der Waals surface area contributed by atoms with E-state index in [0.717, 1.165) is 12.1 Å². The van der Waals surface area contributed by atoms with E-state index in [-0.39, 0.29) is 11.1 Å². The fraction of sp³-hybridized carbons (Fsp3) is 0.0667. The summed E-state index contributed by atoms with van der Waals surface area (Å²) < 4.78 is 37.8. The average molecular weight is 291 g/mol. The van der Waals surface area contributed by atoms with Gasteiger partial charge in [-0.15, -0.1) is 0 Å². The maximum Gasteiger partial charge on any atom is 0.416 e. The maximum atomic E-state index is 12.6. The second-order valence-corrected chi connectivity index (χ2v) is 4.25. The average Bonchev–Trinajstić information content (AvgIpc) is 2.45. The van der Waals surface area contributed by atoms with E-state index in [1.54, 1.807) is 6.07 Å². The molecule has 3 nitrogen and oxygen atoms in total. The normalized spacial score (nSPS) is 11.0. The monoisotopic (exact) mass is 291 g/mol. The molecular weight excluding hydrogens is 283 g/mol. The third kappa shape index (κ3) is 3.03. The summed E-state index contributed by atoms with van der Waals surface area (Å²) in [5.74, 6) is -1.10. The Labute approximate surface area is 117 Å². The number of rotatable bonds is 2. The molecule has 0 aliphatic rings. The maximum absolute atomic E-state index is 12.6. The largest absolute Gasteiger partial charge is 0.478 e. The highest BCUT2D eigenvalue weighted by molar-refractivity contribution is 5.88. The first-order valence-electron chi connectivity index (χ1n) is 5.78. The van der Waals surface area contributed by atoms with Crippen LogP contribution in [0.4, 0.5) is 13.2 Å². The number of nitrogens with zero attached hydrogens (tertiary/aromatic N) is 1. The van der Waals surface area contributed by atoms with Gasteiger partial charge in [0.1, 0.15) is 0 Å². The summed E-state index contributed by atoms with van der Waals surface area (Å²) in [6.45, 7) is 0. The van der Waals surface area contributed by atoms with Crippen LogP contribution in [0.25, 0.3) is 11.1 Å². The third-order valence-electron chi connectivity index (χ3n) is 2.91. The number of hydrogen-bond acceptors (Lipinski definition) is 2. The lowest BCUT2D eigenvalue weighted by Crippen LogP contribution is -2.05. The topological polar surface area (TPSA) is 61.1 Å². The minimum absolute atomic E-state index is 0.0594. The van der Waals surface area contributed by atoms with Crippen LogP contribution in [0.3, 0.4) is 0 Å². The highest BCUT2D eigenvalue weighted by atomic mass is 19.4. The Balaban J connectivity index is 2.49. The van der Waals surface area contributed by atoms with Crippen LogP contribution in [0, 0.1) is 11.3 Å². The van der Waals surface area contributed by atoms with E-state index < -0.39 is 17.7 Å². The molecular formula is C15H8F3NO2. The Bertz CT molecular complexity index is 728. The van der Waals surface area contributed by atoms with Gasteiger partial charge in [0.2, 0.25) is 0 Å². The summed E-state index contributed by atoms with van der Waals surface area (Å²) in [5.41, 5.74) is -0.158. The fourth-order valence-electron chi connectivity index (χ4n) is 1.86. The second-order valence-electron chi connectivity index (χ2n) is 4.25. The van der Waals surface area contributed by atoms with Crippen LogP contribution in [-0.2, 0) is 6.18 Å². The van der Waals surface area contributed by atoms with Gasteiger partial charge in [-0.1, -0.05) is 18.2 Å². The van der Waals surface area contributed by atoms with Gasteiger partial charge in [0.25, 0.3) is 0 Å². The molecule has 21 heavy (non-hydrogen) atoms. The zero-order valence-corrected chi connectivity index (χ0v) is 10.5. The Morgan fingerprint density at radius 3 is 2.19 bits per heavy atom. The standard InChI is InChI=1S/C15H8F3NO2/c16-15(17,18)12-5-6-13(11(7-12)8-19)9-1-3-10(4-2-9)14(20)21/h1-7H,(H,20,21). The van der Waals surface area contributed by atoms with E-state index in [1.165, 1.54) is 30.3 Å². The summed E-state index contributed by atoms with van der Waals surface area (Å²) in [5, 5.41) is 17.8. The first-order chi connectivity index (χ1) is 9.82. The smallest absolute Gasteiger partial charge is 0.416 e. The molecule has 0 spiro atoms. The van der Waals surface area contributed by atoms with Gasteiger partial charge in [-0.2, -0.15) is 18.4 Å². The number of carboxylic acids is 1. The van der Waals surface area contributed by atoms with Crippen molar-refractivity contribution in [2.75, 3.05) is 0 Å². The molecule has 0 atom stereocenters. The van der Waals surface area contributed by atoms with Crippen LogP contribution >= 0.6 is 0 Å². The lowest BCUT2D eigenvalue weighted by Gasteiger charge is -2.10. The molecule has 0 saturated heterocycles. The summed E-state index contributed by atoms with van der Waals surface area (Å²) >= 11 is 0. The molecule has 1 N–H and O–H groups in total. The molecule has 0 aliphatic heterocycles. The molecule has 0 aromatic heterocycles. The Morgan fingerprint density at radius 2 is 1.71 bits per heavy atom. The van der Waals surface area contributed by atoms with Gasteiger partial charge in [0, 0.05) is 0 Å². The van der Waals surface area contributed by atoms with Gasteiger partial charge >= 0.3 is 12.1 Å². The van der Waals surface area contributed by atoms with Crippen LogP contribution in [0.1, 0.15) is 21.5 Å². The van der Waals surface area contributed by atoms with Gasteiger partial charge in [-0.3, -0.25) is 0 Å². The first kappa shape index (κ1) is 14.6. The number of carboxylic acid groups (broad SMARTS) is 1.